The fraction of sp³-hybridized carbons (Fsp3) is 0. The summed E-state index contributed by atoms with van der Waals surface area (Å²) >= 11 is 0. The molecule has 0 unspecified atom stereocenters. The first-order valence-electron chi connectivity index (χ1n) is 5.16. The van der Waals surface area contributed by atoms with E-state index in [-0.39, 0.29) is 11.3 Å². The summed E-state index contributed by atoms with van der Waals surface area (Å²) in [6.07, 6.45) is 0. The molecule has 2 aromatic rings. The van der Waals surface area contributed by atoms with Crippen LogP contribution in [0.3, 0.4) is 0 Å². The van der Waals surface area contributed by atoms with Gasteiger partial charge in [0.2, 0.25) is 0 Å². The highest BCUT2D eigenvalue weighted by Gasteiger charge is 2.11. The maximum atomic E-state index is 10.8. The van der Waals surface area contributed by atoms with Gasteiger partial charge in [-0.1, -0.05) is 0 Å². The number of carboxylic acid groups (broad SMARTS) is 1. The lowest BCUT2D eigenvalue weighted by Crippen LogP contribution is -1.97. The molecule has 0 heterocycles. The van der Waals surface area contributed by atoms with Gasteiger partial charge in [0.15, 0.2) is 0 Å². The normalized spacial score (nSPS) is 10.0. The van der Waals surface area contributed by atoms with Gasteiger partial charge in [0.1, 0.15) is 22.8 Å². The third-order valence-corrected chi connectivity index (χ3v) is 2.31. The van der Waals surface area contributed by atoms with Crippen LogP contribution >= 0.6 is 0 Å². The molecule has 0 aliphatic rings. The topological polar surface area (TPSA) is 92.8 Å². The highest BCUT2D eigenvalue weighted by Crippen LogP contribution is 2.27. The minimum Gasteiger partial charge on any atom is -0.507 e. The quantitative estimate of drug-likeness (QED) is 0.722. The van der Waals surface area contributed by atoms with Gasteiger partial charge in [-0.2, -0.15) is 0 Å². The van der Waals surface area contributed by atoms with E-state index in [2.05, 4.69) is 0 Å². The van der Waals surface area contributed by atoms with Crippen molar-refractivity contribution in [1.82, 2.24) is 0 Å². The maximum Gasteiger partial charge on any atom is 0.339 e. The van der Waals surface area contributed by atoms with Crippen LogP contribution < -0.4 is 10.5 Å². The Kier molecular flexibility index (Phi) is 3.05. The van der Waals surface area contributed by atoms with Crippen LogP contribution in [0.2, 0.25) is 0 Å². The number of ether oxygens (including phenoxy) is 1. The van der Waals surface area contributed by atoms with Crippen molar-refractivity contribution in [1.29, 1.82) is 0 Å². The zero-order chi connectivity index (χ0) is 13.1. The first-order valence-corrected chi connectivity index (χ1v) is 5.16. The summed E-state index contributed by atoms with van der Waals surface area (Å²) in [5.74, 6) is -0.649. The summed E-state index contributed by atoms with van der Waals surface area (Å²) in [6.45, 7) is 0. The highest BCUT2D eigenvalue weighted by molar-refractivity contribution is 5.91. The van der Waals surface area contributed by atoms with E-state index in [0.717, 1.165) is 0 Å². The lowest BCUT2D eigenvalue weighted by Gasteiger charge is -2.07. The summed E-state index contributed by atoms with van der Waals surface area (Å²) in [7, 11) is 0. The third-order valence-electron chi connectivity index (χ3n) is 2.31. The Morgan fingerprint density at radius 1 is 1.06 bits per heavy atom. The van der Waals surface area contributed by atoms with E-state index in [4.69, 9.17) is 15.6 Å². The van der Waals surface area contributed by atoms with Gasteiger partial charge >= 0.3 is 5.97 Å². The van der Waals surface area contributed by atoms with Crippen LogP contribution in [0.15, 0.2) is 42.5 Å². The van der Waals surface area contributed by atoms with E-state index in [1.54, 1.807) is 24.3 Å². The number of carboxylic acids is 1. The molecule has 5 nitrogen and oxygen atoms in total. The fourth-order valence-electron chi connectivity index (χ4n) is 1.42. The van der Waals surface area contributed by atoms with Crippen molar-refractivity contribution >= 4 is 11.7 Å². The third kappa shape index (κ3) is 2.52. The van der Waals surface area contributed by atoms with Crippen LogP contribution in [0.25, 0.3) is 0 Å². The number of nitrogen functional groups attached to an aromatic ring is 1. The number of anilines is 1. The largest absolute Gasteiger partial charge is 0.507 e. The van der Waals surface area contributed by atoms with Crippen LogP contribution in [0.5, 0.6) is 17.2 Å². The van der Waals surface area contributed by atoms with Gasteiger partial charge in [0.05, 0.1) is 0 Å². The molecule has 0 aromatic heterocycles. The zero-order valence-electron chi connectivity index (χ0n) is 9.33. The predicted molar refractivity (Wildman–Crippen MR) is 66.0 cm³/mol. The predicted octanol–water partition coefficient (Wildman–Crippen LogP) is 2.46. The van der Waals surface area contributed by atoms with Crippen molar-refractivity contribution in [3.63, 3.8) is 0 Å². The number of aromatic hydroxyl groups is 1. The van der Waals surface area contributed by atoms with E-state index in [1.165, 1.54) is 18.2 Å². The number of aromatic carboxylic acids is 1. The summed E-state index contributed by atoms with van der Waals surface area (Å²) in [5.41, 5.74) is 5.94. The zero-order valence-corrected chi connectivity index (χ0v) is 9.33. The molecular formula is C13H11NO4. The van der Waals surface area contributed by atoms with Gasteiger partial charge in [0.25, 0.3) is 0 Å². The monoisotopic (exact) mass is 245 g/mol. The number of hydrogen-bond acceptors (Lipinski definition) is 4. The Hall–Kier alpha value is -2.69. The Morgan fingerprint density at radius 3 is 2.28 bits per heavy atom. The minimum atomic E-state index is -1.21. The molecule has 5 heteroatoms. The first-order chi connectivity index (χ1) is 8.56. The average Bonchev–Trinajstić information content (AvgIpc) is 2.34. The van der Waals surface area contributed by atoms with Gasteiger partial charge in [-0.15, -0.1) is 0 Å². The second kappa shape index (κ2) is 4.67. The van der Waals surface area contributed by atoms with Gasteiger partial charge in [-0.25, -0.2) is 4.79 Å². The summed E-state index contributed by atoms with van der Waals surface area (Å²) in [4.78, 5) is 10.8. The molecule has 18 heavy (non-hydrogen) atoms. The molecule has 2 aromatic carbocycles. The van der Waals surface area contributed by atoms with E-state index >= 15 is 0 Å². The van der Waals surface area contributed by atoms with Gasteiger partial charge < -0.3 is 20.7 Å². The molecule has 0 aliphatic carbocycles. The molecular weight excluding hydrogens is 234 g/mol. The molecule has 0 saturated heterocycles. The number of rotatable bonds is 3. The van der Waals surface area contributed by atoms with E-state index in [9.17, 15) is 9.90 Å². The van der Waals surface area contributed by atoms with Crippen molar-refractivity contribution < 1.29 is 19.7 Å². The molecule has 0 spiro atoms. The standard InChI is InChI=1S/C13H11NO4/c14-8-1-3-9(4-2-8)18-10-5-6-12(15)11(7-10)13(16)17/h1-7,15H,14H2,(H,16,17). The second-order valence-electron chi connectivity index (χ2n) is 3.66. The van der Waals surface area contributed by atoms with E-state index < -0.39 is 5.97 Å². The second-order valence-corrected chi connectivity index (χ2v) is 3.66. The fourth-order valence-corrected chi connectivity index (χ4v) is 1.42. The number of hydrogen-bond donors (Lipinski definition) is 3. The smallest absolute Gasteiger partial charge is 0.339 e. The van der Waals surface area contributed by atoms with Crippen LogP contribution in [-0.2, 0) is 0 Å². The van der Waals surface area contributed by atoms with Crippen molar-refractivity contribution in [3.05, 3.63) is 48.0 Å². The molecule has 0 atom stereocenters. The van der Waals surface area contributed by atoms with E-state index in [0.29, 0.717) is 17.2 Å². The lowest BCUT2D eigenvalue weighted by molar-refractivity contribution is 0.0693. The maximum absolute atomic E-state index is 10.8. The molecule has 0 radical (unpaired) electrons. The SMILES string of the molecule is Nc1ccc(Oc2ccc(O)c(C(=O)O)c2)cc1. The molecule has 92 valence electrons. The molecule has 0 fully saturated rings. The summed E-state index contributed by atoms with van der Waals surface area (Å²) in [6, 6.07) is 10.7. The molecule has 0 bridgehead atoms. The number of benzene rings is 2. The van der Waals surface area contributed by atoms with E-state index in [1.807, 2.05) is 0 Å². The Labute approximate surface area is 103 Å². The highest BCUT2D eigenvalue weighted by atomic mass is 16.5. The molecule has 0 aliphatic heterocycles. The first kappa shape index (κ1) is 11.8. The average molecular weight is 245 g/mol. The Morgan fingerprint density at radius 2 is 1.67 bits per heavy atom. The summed E-state index contributed by atoms with van der Waals surface area (Å²) in [5, 5.41) is 18.2. The number of nitrogens with two attached hydrogens (primary N) is 1. The van der Waals surface area contributed by atoms with Crippen LogP contribution in [0.4, 0.5) is 5.69 Å². The van der Waals surface area contributed by atoms with Crippen LogP contribution in [0.1, 0.15) is 10.4 Å². The van der Waals surface area contributed by atoms with Crippen molar-refractivity contribution in [2.45, 2.75) is 0 Å². The van der Waals surface area contributed by atoms with Crippen LogP contribution in [0, 0.1) is 0 Å². The lowest BCUT2D eigenvalue weighted by atomic mass is 10.2. The number of phenols is 1. The number of carbonyl (C=O) groups is 1. The van der Waals surface area contributed by atoms with Gasteiger partial charge in [-0.05, 0) is 42.5 Å². The minimum absolute atomic E-state index is 0.206. The molecule has 4 N–H and O–H groups in total. The van der Waals surface area contributed by atoms with Crippen molar-refractivity contribution in [2.24, 2.45) is 0 Å². The Bertz CT molecular complexity index is 578. The molecule has 0 amide bonds. The summed E-state index contributed by atoms with van der Waals surface area (Å²) < 4.78 is 5.45. The van der Waals surface area contributed by atoms with Crippen molar-refractivity contribution in [2.75, 3.05) is 5.73 Å². The molecule has 2 rings (SSSR count). The molecule has 0 saturated carbocycles. The van der Waals surface area contributed by atoms with Gasteiger partial charge in [0, 0.05) is 5.69 Å². The van der Waals surface area contributed by atoms with Gasteiger partial charge in [-0.3, -0.25) is 0 Å². The Balaban J connectivity index is 2.27. The van der Waals surface area contributed by atoms with Crippen LogP contribution in [-0.4, -0.2) is 16.2 Å². The van der Waals surface area contributed by atoms with Crippen molar-refractivity contribution in [3.8, 4) is 17.2 Å².